The lowest BCUT2D eigenvalue weighted by Crippen LogP contribution is -2.42. The first-order valence-corrected chi connectivity index (χ1v) is 15.3. The molecular weight excluding hydrogens is 607 g/mol. The van der Waals surface area contributed by atoms with E-state index in [2.05, 4.69) is 10.6 Å². The molecule has 13 heteroatoms. The molecule has 0 spiro atoms. The standard InChI is InChI=1S/C26H31ClN6O3.C7H9BO2/c1-3-31-24(35)15-22-26(29)33(17(2)28)23-11-10-20(36-13-5-4-12-30-16-34)14-21(23)25(32-22)18-6-8-19(27)9-7-18;1-6-2-4-7(5-3-6)8(9)10/h6-11,14,16,22,28-29H,3-5,12-13,15H2,1-2H3,(H,30,34)(H,31,35);2-5,9-10H,1H3/t22-;/m0./s1. The van der Waals surface area contributed by atoms with Crippen molar-refractivity contribution in [3.05, 3.63) is 88.4 Å². The van der Waals surface area contributed by atoms with E-state index in [4.69, 9.17) is 42.2 Å². The van der Waals surface area contributed by atoms with Crippen molar-refractivity contribution in [2.45, 2.75) is 46.1 Å². The van der Waals surface area contributed by atoms with Crippen molar-refractivity contribution in [2.75, 3.05) is 24.6 Å². The monoisotopic (exact) mass is 646 g/mol. The van der Waals surface area contributed by atoms with Gasteiger partial charge in [0.15, 0.2) is 0 Å². The quantitative estimate of drug-likeness (QED) is 0.0579. The lowest BCUT2D eigenvalue weighted by molar-refractivity contribution is -0.121. The van der Waals surface area contributed by atoms with Crippen LogP contribution in [0.25, 0.3) is 0 Å². The molecule has 46 heavy (non-hydrogen) atoms. The highest BCUT2D eigenvalue weighted by atomic mass is 35.5. The maximum absolute atomic E-state index is 12.5. The molecular formula is C33H40BClN6O5. The van der Waals surface area contributed by atoms with Gasteiger partial charge < -0.3 is 25.4 Å². The van der Waals surface area contributed by atoms with E-state index < -0.39 is 13.2 Å². The van der Waals surface area contributed by atoms with Crippen LogP contribution in [0, 0.1) is 17.7 Å². The van der Waals surface area contributed by atoms with Crippen molar-refractivity contribution >= 4 is 59.6 Å². The number of hydrogen-bond acceptors (Lipinski definition) is 8. The lowest BCUT2D eigenvalue weighted by Gasteiger charge is -2.26. The van der Waals surface area contributed by atoms with E-state index in [1.54, 1.807) is 37.3 Å². The van der Waals surface area contributed by atoms with Gasteiger partial charge >= 0.3 is 7.12 Å². The van der Waals surface area contributed by atoms with Gasteiger partial charge in [-0.2, -0.15) is 0 Å². The van der Waals surface area contributed by atoms with Crippen molar-refractivity contribution < 1.29 is 24.4 Å². The van der Waals surface area contributed by atoms with Gasteiger partial charge in [0.1, 0.15) is 23.5 Å². The molecule has 0 unspecified atom stereocenters. The predicted molar refractivity (Wildman–Crippen MR) is 184 cm³/mol. The third-order valence-corrected chi connectivity index (χ3v) is 7.21. The molecule has 242 valence electrons. The molecule has 0 aromatic heterocycles. The fraction of sp³-hybridized carbons (Fsp3) is 0.303. The van der Waals surface area contributed by atoms with E-state index in [0.717, 1.165) is 24.0 Å². The summed E-state index contributed by atoms with van der Waals surface area (Å²) in [7, 11) is -1.35. The molecule has 1 heterocycles. The highest BCUT2D eigenvalue weighted by molar-refractivity contribution is 6.58. The highest BCUT2D eigenvalue weighted by Crippen LogP contribution is 2.33. The Labute approximate surface area is 274 Å². The Morgan fingerprint density at radius 2 is 1.80 bits per heavy atom. The van der Waals surface area contributed by atoms with E-state index in [1.807, 2.05) is 50.2 Å². The summed E-state index contributed by atoms with van der Waals surface area (Å²) in [6, 6.07) is 19.0. The second kappa shape index (κ2) is 17.8. The lowest BCUT2D eigenvalue weighted by atomic mass is 9.80. The fourth-order valence-electron chi connectivity index (χ4n) is 4.66. The van der Waals surface area contributed by atoms with E-state index >= 15 is 0 Å². The van der Waals surface area contributed by atoms with Crippen molar-refractivity contribution in [3.63, 3.8) is 0 Å². The van der Waals surface area contributed by atoms with Crippen LogP contribution in [-0.4, -0.2) is 72.6 Å². The Kier molecular flexibility index (Phi) is 13.9. The van der Waals surface area contributed by atoms with Crippen LogP contribution in [0.3, 0.4) is 0 Å². The molecule has 1 aliphatic rings. The Balaban J connectivity index is 0.000000489. The number of aliphatic imine (C=N–C) groups is 1. The first kappa shape index (κ1) is 36.0. The second-order valence-corrected chi connectivity index (χ2v) is 11.0. The minimum atomic E-state index is -1.35. The molecule has 3 aromatic rings. The van der Waals surface area contributed by atoms with Crippen LogP contribution in [-0.2, 0) is 9.59 Å². The molecule has 0 bridgehead atoms. The minimum absolute atomic E-state index is 0.0142. The predicted octanol–water partition coefficient (Wildman–Crippen LogP) is 3.45. The number of nitrogens with zero attached hydrogens (tertiary/aromatic N) is 2. The Hall–Kier alpha value is -4.52. The molecule has 0 aliphatic carbocycles. The summed E-state index contributed by atoms with van der Waals surface area (Å²) in [6.07, 6.45) is 2.22. The summed E-state index contributed by atoms with van der Waals surface area (Å²) in [6.45, 7) is 6.93. The zero-order valence-electron chi connectivity index (χ0n) is 26.2. The molecule has 0 saturated carbocycles. The third-order valence-electron chi connectivity index (χ3n) is 6.95. The molecule has 0 radical (unpaired) electrons. The zero-order chi connectivity index (χ0) is 33.6. The molecule has 6 N–H and O–H groups in total. The van der Waals surface area contributed by atoms with Gasteiger partial charge in [0.05, 0.1) is 24.4 Å². The molecule has 3 aromatic carbocycles. The summed E-state index contributed by atoms with van der Waals surface area (Å²) in [4.78, 5) is 29.2. The van der Waals surface area contributed by atoms with Crippen LogP contribution in [0.5, 0.6) is 5.75 Å². The zero-order valence-corrected chi connectivity index (χ0v) is 27.0. The van der Waals surface area contributed by atoms with Crippen LogP contribution in [0.15, 0.2) is 71.7 Å². The van der Waals surface area contributed by atoms with Gasteiger partial charge in [0.2, 0.25) is 12.3 Å². The highest BCUT2D eigenvalue weighted by Gasteiger charge is 2.32. The third kappa shape index (κ3) is 10.3. The normalized spacial score (nSPS) is 13.7. The summed E-state index contributed by atoms with van der Waals surface area (Å²) in [5, 5.41) is 40.6. The van der Waals surface area contributed by atoms with Gasteiger partial charge in [-0.3, -0.25) is 30.3 Å². The van der Waals surface area contributed by atoms with Crippen molar-refractivity contribution in [2.24, 2.45) is 4.99 Å². The maximum Gasteiger partial charge on any atom is 0.488 e. The number of amides is 2. The number of benzodiazepines with no additional fused rings is 1. The molecule has 0 fully saturated rings. The Bertz CT molecular complexity index is 1530. The molecule has 0 saturated heterocycles. The average Bonchev–Trinajstić information content (AvgIpc) is 3.14. The number of nitrogens with one attached hydrogen (secondary N) is 4. The number of carbonyl (C=O) groups is 2. The van der Waals surface area contributed by atoms with Crippen molar-refractivity contribution in [3.8, 4) is 5.75 Å². The molecule has 11 nitrogen and oxygen atoms in total. The second-order valence-electron chi connectivity index (χ2n) is 10.6. The average molecular weight is 647 g/mol. The number of anilines is 1. The van der Waals surface area contributed by atoms with Gasteiger partial charge in [-0.1, -0.05) is 53.6 Å². The summed E-state index contributed by atoms with van der Waals surface area (Å²) in [5.74, 6) is 0.601. The van der Waals surface area contributed by atoms with Gasteiger partial charge in [-0.25, -0.2) is 0 Å². The van der Waals surface area contributed by atoms with Gasteiger partial charge in [-0.15, -0.1) is 0 Å². The van der Waals surface area contributed by atoms with E-state index in [0.29, 0.717) is 59.3 Å². The number of hydrogen-bond donors (Lipinski definition) is 6. The van der Waals surface area contributed by atoms with Crippen molar-refractivity contribution in [1.82, 2.24) is 10.6 Å². The molecule has 1 atom stereocenters. The first-order chi connectivity index (χ1) is 22.0. The number of benzene rings is 3. The number of rotatable bonds is 12. The van der Waals surface area contributed by atoms with Gasteiger partial charge in [0, 0.05) is 29.2 Å². The summed E-state index contributed by atoms with van der Waals surface area (Å²) >= 11 is 6.12. The largest absolute Gasteiger partial charge is 0.494 e. The van der Waals surface area contributed by atoms with Crippen LogP contribution < -0.4 is 25.7 Å². The molecule has 2 amide bonds. The van der Waals surface area contributed by atoms with Crippen LogP contribution >= 0.6 is 11.6 Å². The minimum Gasteiger partial charge on any atom is -0.494 e. The molecule has 1 aliphatic heterocycles. The number of halogens is 1. The number of ether oxygens (including phenoxy) is 1. The van der Waals surface area contributed by atoms with Crippen molar-refractivity contribution in [1.29, 1.82) is 10.8 Å². The number of aryl methyl sites for hydroxylation is 1. The van der Waals surface area contributed by atoms with E-state index in [9.17, 15) is 9.59 Å². The Morgan fingerprint density at radius 3 is 2.41 bits per heavy atom. The summed E-state index contributed by atoms with van der Waals surface area (Å²) in [5.41, 5.74) is 4.31. The SMILES string of the molecule is CCNC(=O)C[C@@H]1N=C(c2ccc(Cl)cc2)c2cc(OCCCCNC=O)ccc2N(C(C)=N)C1=N.Cc1ccc(B(O)O)cc1. The number of amidine groups is 2. The van der Waals surface area contributed by atoms with Crippen LogP contribution in [0.2, 0.25) is 5.02 Å². The maximum atomic E-state index is 12.5. The van der Waals surface area contributed by atoms with Gasteiger partial charge in [0.25, 0.3) is 0 Å². The van der Waals surface area contributed by atoms with Gasteiger partial charge in [-0.05, 0) is 69.4 Å². The van der Waals surface area contributed by atoms with E-state index in [1.165, 1.54) is 4.90 Å². The first-order valence-electron chi connectivity index (χ1n) is 15.0. The topological polar surface area (TPSA) is 171 Å². The summed E-state index contributed by atoms with van der Waals surface area (Å²) < 4.78 is 5.96. The van der Waals surface area contributed by atoms with Crippen LogP contribution in [0.1, 0.15) is 49.8 Å². The smallest absolute Gasteiger partial charge is 0.488 e. The van der Waals surface area contributed by atoms with Crippen LogP contribution in [0.4, 0.5) is 5.69 Å². The molecule has 4 rings (SSSR count). The fourth-order valence-corrected chi connectivity index (χ4v) is 4.78. The number of carbonyl (C=O) groups excluding carboxylic acids is 2. The number of fused-ring (bicyclic) bond motifs is 1. The Morgan fingerprint density at radius 1 is 1.11 bits per heavy atom. The number of unbranched alkanes of at least 4 members (excludes halogenated alkanes) is 1. The van der Waals surface area contributed by atoms with E-state index in [-0.39, 0.29) is 24.0 Å².